The molecule has 23 heavy (non-hydrogen) atoms. The molecule has 4 N–H and O–H groups in total. The summed E-state index contributed by atoms with van der Waals surface area (Å²) in [5.74, 6) is 1.98. The van der Waals surface area contributed by atoms with E-state index in [9.17, 15) is 4.79 Å². The number of carbonyl (C=O) groups is 1. The molecule has 2 atom stereocenters. The molecule has 2 aliphatic rings. The van der Waals surface area contributed by atoms with Gasteiger partial charge in [-0.3, -0.25) is 4.79 Å². The number of carbonyl (C=O) groups excluding carboxylic acids is 1. The Morgan fingerprint density at radius 1 is 0.826 bits per heavy atom. The van der Waals surface area contributed by atoms with Crippen LogP contribution in [0.25, 0.3) is 0 Å². The summed E-state index contributed by atoms with van der Waals surface area (Å²) < 4.78 is 0. The van der Waals surface area contributed by atoms with Gasteiger partial charge >= 0.3 is 0 Å². The molecule has 0 saturated heterocycles. The first-order valence-electron chi connectivity index (χ1n) is 7.97. The van der Waals surface area contributed by atoms with Gasteiger partial charge in [0, 0.05) is 16.9 Å². The Morgan fingerprint density at radius 2 is 1.39 bits per heavy atom. The van der Waals surface area contributed by atoms with Crippen molar-refractivity contribution in [2.24, 2.45) is 11.8 Å². The molecule has 0 heterocycles. The van der Waals surface area contributed by atoms with Gasteiger partial charge in [0.2, 0.25) is 0 Å². The Balaban J connectivity index is 0.000000125. The molecule has 3 nitrogen and oxygen atoms in total. The molecule has 0 spiro atoms. The van der Waals surface area contributed by atoms with Crippen molar-refractivity contribution < 1.29 is 4.79 Å². The van der Waals surface area contributed by atoms with Crippen LogP contribution in [0.15, 0.2) is 66.7 Å². The van der Waals surface area contributed by atoms with E-state index in [-0.39, 0.29) is 0 Å². The van der Waals surface area contributed by atoms with Crippen molar-refractivity contribution in [3.8, 4) is 0 Å². The summed E-state index contributed by atoms with van der Waals surface area (Å²) >= 11 is 0. The summed E-state index contributed by atoms with van der Waals surface area (Å²) in [7, 11) is 0. The average Bonchev–Trinajstić information content (AvgIpc) is 3.22. The zero-order valence-electron chi connectivity index (χ0n) is 13.3. The maximum absolute atomic E-state index is 10.0. The van der Waals surface area contributed by atoms with Gasteiger partial charge in [0.15, 0.2) is 0 Å². The van der Waals surface area contributed by atoms with E-state index < -0.39 is 0 Å². The maximum Gasteiger partial charge on any atom is 0.150 e. The zero-order valence-corrected chi connectivity index (χ0v) is 13.3. The molecule has 1 saturated carbocycles. The molecular formula is C20H24N2O. The standard InChI is InChI=1S/C7H6O.C7H10.C6H8N2/c8-6-7-4-2-1-3-5-7;1-2-7-4-3-6(1)5-7;7-5-2-1-3-6(8)4-5/h1-6H;1-2,6-7H,3-5H2;1-4H,7-8H2. The van der Waals surface area contributed by atoms with Crippen molar-refractivity contribution in [2.45, 2.75) is 19.3 Å². The topological polar surface area (TPSA) is 69.1 Å². The predicted octanol–water partition coefficient (Wildman–Crippen LogP) is 4.32. The largest absolute Gasteiger partial charge is 0.399 e. The Labute approximate surface area is 138 Å². The highest BCUT2D eigenvalue weighted by Crippen LogP contribution is 2.38. The third-order valence-corrected chi connectivity index (χ3v) is 4.02. The minimum atomic E-state index is 0.713. The SMILES string of the molecule is C1=CC2CCC1C2.Nc1cccc(N)c1.O=Cc1ccccc1. The van der Waals surface area contributed by atoms with Crippen molar-refractivity contribution in [3.63, 3.8) is 0 Å². The molecule has 3 heteroatoms. The van der Waals surface area contributed by atoms with E-state index in [4.69, 9.17) is 11.5 Å². The molecule has 0 radical (unpaired) electrons. The van der Waals surface area contributed by atoms with Crippen LogP contribution < -0.4 is 11.5 Å². The van der Waals surface area contributed by atoms with Crippen molar-refractivity contribution >= 4 is 17.7 Å². The molecule has 2 aromatic carbocycles. The highest BCUT2D eigenvalue weighted by atomic mass is 16.1. The monoisotopic (exact) mass is 308 g/mol. The van der Waals surface area contributed by atoms with E-state index in [1.54, 1.807) is 30.3 Å². The van der Waals surface area contributed by atoms with E-state index in [1.807, 2.05) is 24.3 Å². The zero-order chi connectivity index (χ0) is 16.5. The smallest absolute Gasteiger partial charge is 0.150 e. The normalized spacial score (nSPS) is 20.0. The van der Waals surface area contributed by atoms with E-state index >= 15 is 0 Å². The summed E-state index contributed by atoms with van der Waals surface area (Å²) in [6, 6.07) is 16.2. The number of benzene rings is 2. The number of rotatable bonds is 1. The van der Waals surface area contributed by atoms with E-state index in [2.05, 4.69) is 12.2 Å². The maximum atomic E-state index is 10.0. The van der Waals surface area contributed by atoms with Gasteiger partial charge in [-0.05, 0) is 49.3 Å². The van der Waals surface area contributed by atoms with E-state index in [1.165, 1.54) is 19.3 Å². The molecule has 0 aromatic heterocycles. The lowest BCUT2D eigenvalue weighted by molar-refractivity contribution is 0.112. The lowest BCUT2D eigenvalue weighted by atomic mass is 10.1. The van der Waals surface area contributed by atoms with Gasteiger partial charge in [-0.15, -0.1) is 0 Å². The third kappa shape index (κ3) is 5.99. The van der Waals surface area contributed by atoms with Gasteiger partial charge in [-0.2, -0.15) is 0 Å². The quantitative estimate of drug-likeness (QED) is 0.468. The summed E-state index contributed by atoms with van der Waals surface area (Å²) in [4.78, 5) is 10.0. The molecule has 4 rings (SSSR count). The third-order valence-electron chi connectivity index (χ3n) is 4.02. The number of nitrogen functional groups attached to an aromatic ring is 2. The van der Waals surface area contributed by atoms with Gasteiger partial charge < -0.3 is 11.5 Å². The number of allylic oxidation sites excluding steroid dienone is 2. The van der Waals surface area contributed by atoms with Crippen LogP contribution in [0.5, 0.6) is 0 Å². The molecule has 2 aromatic rings. The number of hydrogen-bond donors (Lipinski definition) is 2. The highest BCUT2D eigenvalue weighted by molar-refractivity contribution is 5.74. The summed E-state index contributed by atoms with van der Waals surface area (Å²) in [6.45, 7) is 0. The first-order valence-corrected chi connectivity index (χ1v) is 7.97. The van der Waals surface area contributed by atoms with Crippen molar-refractivity contribution in [1.29, 1.82) is 0 Å². The second-order valence-electron chi connectivity index (χ2n) is 5.92. The predicted molar refractivity (Wildman–Crippen MR) is 97.1 cm³/mol. The van der Waals surface area contributed by atoms with Crippen LogP contribution in [0.3, 0.4) is 0 Å². The van der Waals surface area contributed by atoms with Crippen LogP contribution in [0.4, 0.5) is 11.4 Å². The molecule has 2 unspecified atom stereocenters. The Hall–Kier alpha value is -2.55. The minimum Gasteiger partial charge on any atom is -0.399 e. The molecule has 120 valence electrons. The van der Waals surface area contributed by atoms with Gasteiger partial charge in [0.05, 0.1) is 0 Å². The second kappa shape index (κ2) is 8.79. The van der Waals surface area contributed by atoms with E-state index in [0.29, 0.717) is 11.4 Å². The van der Waals surface area contributed by atoms with Crippen LogP contribution in [0.2, 0.25) is 0 Å². The molecule has 0 amide bonds. The minimum absolute atomic E-state index is 0.713. The van der Waals surface area contributed by atoms with Crippen molar-refractivity contribution in [1.82, 2.24) is 0 Å². The van der Waals surface area contributed by atoms with Crippen LogP contribution in [-0.4, -0.2) is 6.29 Å². The number of anilines is 2. The van der Waals surface area contributed by atoms with Gasteiger partial charge in [0.25, 0.3) is 0 Å². The first kappa shape index (κ1) is 16.8. The lowest BCUT2D eigenvalue weighted by Crippen LogP contribution is -1.87. The molecule has 2 aliphatic carbocycles. The van der Waals surface area contributed by atoms with Crippen LogP contribution in [0, 0.1) is 11.8 Å². The Bertz CT molecular complexity index is 608. The fraction of sp³-hybridized carbons (Fsp3) is 0.250. The van der Waals surface area contributed by atoms with Gasteiger partial charge in [0.1, 0.15) is 6.29 Å². The molecular weight excluding hydrogens is 284 g/mol. The Kier molecular flexibility index (Phi) is 6.42. The summed E-state index contributed by atoms with van der Waals surface area (Å²) in [5, 5.41) is 0. The molecule has 1 fully saturated rings. The highest BCUT2D eigenvalue weighted by Gasteiger charge is 2.25. The summed E-state index contributed by atoms with van der Waals surface area (Å²) in [6.07, 6.45) is 10.0. The summed E-state index contributed by atoms with van der Waals surface area (Å²) in [5.41, 5.74) is 12.9. The van der Waals surface area contributed by atoms with Crippen LogP contribution in [0.1, 0.15) is 29.6 Å². The van der Waals surface area contributed by atoms with Gasteiger partial charge in [-0.25, -0.2) is 0 Å². The van der Waals surface area contributed by atoms with E-state index in [0.717, 1.165) is 23.7 Å². The number of fused-ring (bicyclic) bond motifs is 2. The molecule has 0 aliphatic heterocycles. The van der Waals surface area contributed by atoms with Crippen LogP contribution in [-0.2, 0) is 0 Å². The fourth-order valence-electron chi connectivity index (χ4n) is 2.81. The van der Waals surface area contributed by atoms with Crippen LogP contribution >= 0.6 is 0 Å². The van der Waals surface area contributed by atoms with Crippen molar-refractivity contribution in [2.75, 3.05) is 11.5 Å². The second-order valence-corrected chi connectivity index (χ2v) is 5.92. The number of aldehydes is 1. The van der Waals surface area contributed by atoms with Gasteiger partial charge in [-0.1, -0.05) is 48.6 Å². The number of hydrogen-bond acceptors (Lipinski definition) is 3. The first-order chi connectivity index (χ1) is 11.2. The Morgan fingerprint density at radius 3 is 1.65 bits per heavy atom. The molecule has 2 bridgehead atoms. The van der Waals surface area contributed by atoms with Crippen molar-refractivity contribution in [3.05, 3.63) is 72.3 Å². The average molecular weight is 308 g/mol. The fourth-order valence-corrected chi connectivity index (χ4v) is 2.81. The number of nitrogens with two attached hydrogens (primary N) is 2. The lowest BCUT2D eigenvalue weighted by Gasteiger charge is -1.96.